The van der Waals surface area contributed by atoms with E-state index in [9.17, 15) is 19.5 Å². The van der Waals surface area contributed by atoms with Crippen LogP contribution in [0.3, 0.4) is 0 Å². The Morgan fingerprint density at radius 3 is 1.22 bits per heavy atom. The van der Waals surface area contributed by atoms with E-state index in [0.717, 1.165) is 22.1 Å². The molecule has 0 bridgehead atoms. The van der Waals surface area contributed by atoms with Crippen LogP contribution in [0.25, 0.3) is 38.3 Å². The van der Waals surface area contributed by atoms with E-state index in [1.807, 2.05) is 36.4 Å². The predicted octanol–water partition coefficient (Wildman–Crippen LogP) is 11.8. The fourth-order valence-corrected chi connectivity index (χ4v) is 11.9. The van der Waals surface area contributed by atoms with Crippen LogP contribution in [0.4, 0.5) is 0 Å². The number of carbonyl (C=O) groups is 3. The Labute approximate surface area is 448 Å². The van der Waals surface area contributed by atoms with Crippen LogP contribution in [0, 0.1) is 0 Å². The van der Waals surface area contributed by atoms with E-state index in [4.69, 9.17) is 9.47 Å². The number of ether oxygens (including phenoxy) is 2. The maximum atomic E-state index is 11.8. The Balaban J connectivity index is 0.000000348. The van der Waals surface area contributed by atoms with Crippen LogP contribution in [-0.4, -0.2) is 56.4 Å². The van der Waals surface area contributed by atoms with Gasteiger partial charge in [-0.05, 0) is 134 Å². The van der Waals surface area contributed by atoms with Crippen molar-refractivity contribution in [2.45, 2.75) is 149 Å². The zero-order valence-corrected chi connectivity index (χ0v) is 45.9. The molecule has 0 radical (unpaired) electrons. The number of nitrogens with zero attached hydrogens (tertiary/aromatic N) is 3. The summed E-state index contributed by atoms with van der Waals surface area (Å²) in [7, 11) is 9.10. The molecule has 0 aliphatic heterocycles. The minimum absolute atomic E-state index is 0. The van der Waals surface area contributed by atoms with Gasteiger partial charge in [-0.25, -0.2) is 14.4 Å². The molecular formula is C57H78N3NaO7Pd. The van der Waals surface area contributed by atoms with Gasteiger partial charge in [0.1, 0.15) is 0 Å². The average molecular weight is 1050 g/mol. The first-order chi connectivity index (χ1) is 31.1. The molecule has 6 aromatic rings. The van der Waals surface area contributed by atoms with E-state index in [0.29, 0.717) is 46.3 Å². The third-order valence-corrected chi connectivity index (χ3v) is 14.7. The van der Waals surface area contributed by atoms with E-state index in [1.165, 1.54) is 141 Å². The second-order valence-corrected chi connectivity index (χ2v) is 19.6. The van der Waals surface area contributed by atoms with Gasteiger partial charge in [0.15, 0.2) is 0 Å². The Bertz CT molecular complexity index is 2770. The van der Waals surface area contributed by atoms with E-state index in [-0.39, 0.29) is 76.2 Å². The van der Waals surface area contributed by atoms with Crippen molar-refractivity contribution in [3.63, 3.8) is 0 Å². The zero-order chi connectivity index (χ0) is 46.9. The van der Waals surface area contributed by atoms with E-state index < -0.39 is 5.97 Å². The van der Waals surface area contributed by atoms with E-state index in [2.05, 4.69) is 88.2 Å². The molecule has 3 heterocycles. The van der Waals surface area contributed by atoms with Crippen molar-refractivity contribution in [1.82, 2.24) is 13.7 Å². The summed E-state index contributed by atoms with van der Waals surface area (Å²) in [5, 5.41) is 13.0. The molecule has 3 aliphatic carbocycles. The quantitative estimate of drug-likeness (QED) is 0.113. The molecule has 3 saturated carbocycles. The van der Waals surface area contributed by atoms with Crippen LogP contribution >= 0.6 is 0 Å². The van der Waals surface area contributed by atoms with Crippen molar-refractivity contribution in [2.75, 3.05) is 14.2 Å². The van der Waals surface area contributed by atoms with Crippen LogP contribution in [-0.2, 0) is 51.0 Å². The third-order valence-electron chi connectivity index (χ3n) is 14.7. The van der Waals surface area contributed by atoms with Gasteiger partial charge in [-0.1, -0.05) is 98.4 Å². The molecule has 374 valence electrons. The molecule has 0 spiro atoms. The maximum Gasteiger partial charge on any atom is 1.00 e. The van der Waals surface area contributed by atoms with Crippen molar-refractivity contribution in [3.05, 3.63) is 112 Å². The van der Waals surface area contributed by atoms with Crippen molar-refractivity contribution in [3.8, 4) is 0 Å². The summed E-state index contributed by atoms with van der Waals surface area (Å²) in [6.45, 7) is 15.2. The Morgan fingerprint density at radius 1 is 0.594 bits per heavy atom. The predicted molar refractivity (Wildman–Crippen MR) is 276 cm³/mol. The number of rotatable bonds is 9. The number of hydrogen-bond acceptors (Lipinski definition) is 6. The molecule has 3 fully saturated rings. The standard InChI is InChI=1S/C19H25NO2.C19H23NO2.C18H23NO2.CH4.Na.H2O.Pd.H2/c2*1-12(2)18-17(13-7-5-6-8-13)15-10-9-14(19(21)22-4)11-16(15)20(18)3;1-11(2)17-16(12-6-4-5-7-12)14-9-8-13(18(20)21)10-15(14)19(17)3;;;;;/h9-13H,5-8H2,1-4H3;9-11,13H,1,5-8H2,2-4H3;8-12H,4-7H2,1-3H3,(H,20,21);1H4;;1H2;;1H/q;;;;+1;;;/p-1. The number of aromatic nitrogens is 3. The maximum absolute atomic E-state index is 11.8. The second kappa shape index (κ2) is 25.4. The average Bonchev–Trinajstić information content (AvgIpc) is 4.17. The molecular weight excluding hydrogens is 968 g/mol. The third kappa shape index (κ3) is 11.9. The SMILES string of the molecule is C.C=C(C)c1c(C2CCCC2)c2ccc(C(=O)OC)cc2n1C.CC(C)c1c(C2CCCC2)c2ccc(C(=O)O)cc2n1C.COC(=O)c1ccc2c(C3CCCC3)c(C(C)C)n(C)c2c1.[HH].[Na+].[OH-].[Pd]. The summed E-state index contributed by atoms with van der Waals surface area (Å²) >= 11 is 0. The van der Waals surface area contributed by atoms with Gasteiger partial charge in [0.2, 0.25) is 0 Å². The zero-order valence-electron chi connectivity index (χ0n) is 42.4. The van der Waals surface area contributed by atoms with Crippen LogP contribution in [0.15, 0.2) is 61.2 Å². The van der Waals surface area contributed by atoms with Crippen LogP contribution < -0.4 is 29.6 Å². The summed E-state index contributed by atoms with van der Waals surface area (Å²) < 4.78 is 16.4. The van der Waals surface area contributed by atoms with Gasteiger partial charge in [-0.2, -0.15) is 0 Å². The largest absolute Gasteiger partial charge is 1.00 e. The Kier molecular flexibility index (Phi) is 21.9. The summed E-state index contributed by atoms with van der Waals surface area (Å²) in [4.78, 5) is 34.8. The van der Waals surface area contributed by atoms with Crippen LogP contribution in [0.1, 0.15) is 215 Å². The molecule has 9 rings (SSSR count). The van der Waals surface area contributed by atoms with Gasteiger partial charge < -0.3 is 33.8 Å². The Hall–Kier alpha value is -3.95. The van der Waals surface area contributed by atoms with Gasteiger partial charge in [0, 0.05) is 92.8 Å². The monoisotopic (exact) mass is 1050 g/mol. The number of carbonyl (C=O) groups excluding carboxylic acids is 2. The molecule has 10 nitrogen and oxygen atoms in total. The van der Waals surface area contributed by atoms with Crippen molar-refractivity contribution < 1.29 is 85.8 Å². The smallest absolute Gasteiger partial charge is 0.870 e. The normalized spacial score (nSPS) is 14.9. The number of allylic oxidation sites excluding steroid dienone is 1. The van der Waals surface area contributed by atoms with Gasteiger partial charge in [0.05, 0.1) is 30.9 Å². The van der Waals surface area contributed by atoms with Crippen molar-refractivity contribution >= 4 is 56.2 Å². The van der Waals surface area contributed by atoms with Crippen LogP contribution in [0.5, 0.6) is 0 Å². The number of aromatic carboxylic acids is 1. The molecule has 0 amide bonds. The van der Waals surface area contributed by atoms with Crippen molar-refractivity contribution in [1.29, 1.82) is 0 Å². The summed E-state index contributed by atoms with van der Waals surface area (Å²) in [6.07, 6.45) is 15.5. The minimum Gasteiger partial charge on any atom is -0.870 e. The fraction of sp³-hybridized carbons (Fsp3) is 0.491. The molecule has 0 saturated heterocycles. The molecule has 0 atom stereocenters. The molecule has 69 heavy (non-hydrogen) atoms. The van der Waals surface area contributed by atoms with E-state index in [1.54, 1.807) is 6.07 Å². The number of benzene rings is 3. The van der Waals surface area contributed by atoms with Gasteiger partial charge >= 0.3 is 47.5 Å². The number of fused-ring (bicyclic) bond motifs is 3. The topological polar surface area (TPSA) is 135 Å². The van der Waals surface area contributed by atoms with Gasteiger partial charge in [-0.15, -0.1) is 0 Å². The van der Waals surface area contributed by atoms with Crippen LogP contribution in [0.2, 0.25) is 0 Å². The fourth-order valence-electron chi connectivity index (χ4n) is 11.9. The first-order valence-corrected chi connectivity index (χ1v) is 24.0. The van der Waals surface area contributed by atoms with Gasteiger partial charge in [-0.3, -0.25) is 0 Å². The second-order valence-electron chi connectivity index (χ2n) is 19.6. The number of hydrogen-bond donors (Lipinski definition) is 1. The molecule has 0 unspecified atom stereocenters. The number of esters is 2. The van der Waals surface area contributed by atoms with Gasteiger partial charge in [0.25, 0.3) is 0 Å². The number of carboxylic acid groups (broad SMARTS) is 1. The molecule has 2 N–H and O–H groups in total. The Morgan fingerprint density at radius 2 is 0.899 bits per heavy atom. The van der Waals surface area contributed by atoms with Crippen molar-refractivity contribution in [2.24, 2.45) is 21.1 Å². The molecule has 3 aromatic carbocycles. The summed E-state index contributed by atoms with van der Waals surface area (Å²) in [5.74, 6) is 1.44. The molecule has 3 aromatic heterocycles. The van der Waals surface area contributed by atoms with E-state index >= 15 is 0 Å². The summed E-state index contributed by atoms with van der Waals surface area (Å²) in [5.41, 5.74) is 14.4. The molecule has 12 heteroatoms. The summed E-state index contributed by atoms with van der Waals surface area (Å²) in [6, 6.07) is 17.4. The number of carboxylic acids is 1. The number of aryl methyl sites for hydroxylation is 3. The minimum atomic E-state index is -0.855. The first-order valence-electron chi connectivity index (χ1n) is 24.0. The first kappa shape index (κ1) is 59.4. The molecule has 3 aliphatic rings. The number of methoxy groups -OCH3 is 2.